The fraction of sp³-hybridized carbons (Fsp3) is 0.250. The highest BCUT2D eigenvalue weighted by Gasteiger charge is 2.14. The van der Waals surface area contributed by atoms with Crippen molar-refractivity contribution < 1.29 is 9.84 Å². The lowest BCUT2D eigenvalue weighted by Gasteiger charge is -2.18. The molecule has 0 saturated carbocycles. The van der Waals surface area contributed by atoms with Gasteiger partial charge in [0.15, 0.2) is 0 Å². The molecule has 0 amide bonds. The Morgan fingerprint density at radius 3 is 2.33 bits per heavy atom. The molecule has 4 heteroatoms. The maximum Gasteiger partial charge on any atom is 0.125 e. The number of hydrogen-bond acceptors (Lipinski definition) is 3. The normalized spacial score (nSPS) is 11.5. The van der Waals surface area contributed by atoms with E-state index < -0.39 is 0 Å². The minimum Gasteiger partial charge on any atom is -0.507 e. The van der Waals surface area contributed by atoms with E-state index in [1.165, 1.54) is 5.56 Å². The van der Waals surface area contributed by atoms with Gasteiger partial charge in [0.05, 0.1) is 18.5 Å². The number of nitrogens with zero attached hydrogens (tertiary/aromatic N) is 1. The number of phenols is 1. The summed E-state index contributed by atoms with van der Waals surface area (Å²) in [5, 5.41) is 17.5. The quantitative estimate of drug-likeness (QED) is 0.731. The van der Waals surface area contributed by atoms with Gasteiger partial charge in [0.1, 0.15) is 11.5 Å². The lowest BCUT2D eigenvalue weighted by Crippen LogP contribution is -2.10. The number of nitrogens with one attached hydrogen (secondary N) is 1. The summed E-state index contributed by atoms with van der Waals surface area (Å²) < 4.78 is 5.22. The van der Waals surface area contributed by atoms with E-state index in [-0.39, 0.29) is 11.2 Å². The third kappa shape index (κ3) is 3.13. The fourth-order valence-electron chi connectivity index (χ4n) is 2.61. The zero-order valence-corrected chi connectivity index (χ0v) is 14.4. The van der Waals surface area contributed by atoms with E-state index in [2.05, 4.69) is 55.2 Å². The number of H-pyrrole nitrogens is 1. The molecule has 0 spiro atoms. The molecule has 3 rings (SSSR count). The van der Waals surface area contributed by atoms with Gasteiger partial charge in [-0.3, -0.25) is 5.10 Å². The predicted molar refractivity (Wildman–Crippen MR) is 96.4 cm³/mol. The second-order valence-corrected chi connectivity index (χ2v) is 6.88. The van der Waals surface area contributed by atoms with Gasteiger partial charge in [-0.1, -0.05) is 45.0 Å². The molecule has 2 aromatic carbocycles. The molecule has 3 aromatic rings. The summed E-state index contributed by atoms with van der Waals surface area (Å²) in [4.78, 5) is 0. The number of aromatic hydroxyl groups is 1. The average molecular weight is 322 g/mol. The Balaban J connectivity index is 1.94. The van der Waals surface area contributed by atoms with Crippen LogP contribution >= 0.6 is 0 Å². The lowest BCUT2D eigenvalue weighted by atomic mass is 9.86. The van der Waals surface area contributed by atoms with Gasteiger partial charge in [-0.15, -0.1) is 0 Å². The first-order chi connectivity index (χ1) is 11.4. The molecule has 0 fully saturated rings. The van der Waals surface area contributed by atoms with E-state index in [4.69, 9.17) is 4.74 Å². The Kier molecular flexibility index (Phi) is 4.06. The zero-order chi connectivity index (χ0) is 17.3. The van der Waals surface area contributed by atoms with E-state index in [0.717, 1.165) is 17.0 Å². The van der Waals surface area contributed by atoms with Crippen LogP contribution in [0.1, 0.15) is 26.3 Å². The molecular weight excluding hydrogens is 300 g/mol. The van der Waals surface area contributed by atoms with Gasteiger partial charge < -0.3 is 9.84 Å². The molecule has 0 unspecified atom stereocenters. The van der Waals surface area contributed by atoms with Gasteiger partial charge in [0.25, 0.3) is 0 Å². The van der Waals surface area contributed by atoms with E-state index >= 15 is 0 Å². The van der Waals surface area contributed by atoms with Crippen LogP contribution in [-0.2, 0) is 5.41 Å². The summed E-state index contributed by atoms with van der Waals surface area (Å²) >= 11 is 0. The SMILES string of the molecule is COc1ccc(O)c(-c2cc(-c3ccc(C(C)(C)C)cc3)n[nH]2)c1. The third-order valence-corrected chi connectivity index (χ3v) is 4.12. The van der Waals surface area contributed by atoms with Crippen molar-refractivity contribution in [2.45, 2.75) is 26.2 Å². The highest BCUT2D eigenvalue weighted by molar-refractivity contribution is 5.73. The topological polar surface area (TPSA) is 58.1 Å². The Morgan fingerprint density at radius 1 is 1.00 bits per heavy atom. The zero-order valence-electron chi connectivity index (χ0n) is 14.4. The van der Waals surface area contributed by atoms with Crippen LogP contribution in [-0.4, -0.2) is 22.4 Å². The molecule has 124 valence electrons. The number of aromatic amines is 1. The van der Waals surface area contributed by atoms with Gasteiger partial charge >= 0.3 is 0 Å². The number of hydrogen-bond donors (Lipinski definition) is 2. The Bertz CT molecular complexity index is 843. The molecule has 1 heterocycles. The van der Waals surface area contributed by atoms with Crippen molar-refractivity contribution >= 4 is 0 Å². The molecule has 0 atom stereocenters. The Labute approximate surface area is 142 Å². The number of benzene rings is 2. The van der Waals surface area contributed by atoms with E-state index in [1.807, 2.05) is 6.07 Å². The summed E-state index contributed by atoms with van der Waals surface area (Å²) in [6, 6.07) is 15.5. The Morgan fingerprint density at radius 2 is 1.71 bits per heavy atom. The molecular formula is C20H22N2O2. The number of aromatic nitrogens is 2. The van der Waals surface area contributed by atoms with Gasteiger partial charge in [0, 0.05) is 11.1 Å². The van der Waals surface area contributed by atoms with Crippen molar-refractivity contribution in [2.24, 2.45) is 0 Å². The molecule has 0 bridgehead atoms. The average Bonchev–Trinajstić information content (AvgIpc) is 3.04. The molecule has 0 saturated heterocycles. The number of methoxy groups -OCH3 is 1. The summed E-state index contributed by atoms with van der Waals surface area (Å²) in [5.74, 6) is 0.877. The maximum atomic E-state index is 10.1. The van der Waals surface area contributed by atoms with Crippen LogP contribution in [0.2, 0.25) is 0 Å². The van der Waals surface area contributed by atoms with Crippen molar-refractivity contribution in [3.05, 3.63) is 54.1 Å². The van der Waals surface area contributed by atoms with Gasteiger partial charge in [0.2, 0.25) is 0 Å². The fourth-order valence-corrected chi connectivity index (χ4v) is 2.61. The molecule has 24 heavy (non-hydrogen) atoms. The maximum absolute atomic E-state index is 10.1. The van der Waals surface area contributed by atoms with Crippen LogP contribution < -0.4 is 4.74 Å². The predicted octanol–water partition coefficient (Wildman–Crippen LogP) is 4.76. The van der Waals surface area contributed by atoms with Crippen LogP contribution in [0.4, 0.5) is 0 Å². The smallest absolute Gasteiger partial charge is 0.125 e. The van der Waals surface area contributed by atoms with Crippen molar-refractivity contribution in [3.63, 3.8) is 0 Å². The highest BCUT2D eigenvalue weighted by atomic mass is 16.5. The highest BCUT2D eigenvalue weighted by Crippen LogP contribution is 2.33. The lowest BCUT2D eigenvalue weighted by molar-refractivity contribution is 0.412. The van der Waals surface area contributed by atoms with Crippen LogP contribution in [0.15, 0.2) is 48.5 Å². The number of ether oxygens (including phenoxy) is 1. The second-order valence-electron chi connectivity index (χ2n) is 6.88. The number of phenolic OH excluding ortho intramolecular Hbond substituents is 1. The first-order valence-corrected chi connectivity index (χ1v) is 7.92. The monoisotopic (exact) mass is 322 g/mol. The molecule has 1 aromatic heterocycles. The van der Waals surface area contributed by atoms with Gasteiger partial charge in [-0.25, -0.2) is 0 Å². The summed E-state index contributed by atoms with van der Waals surface area (Å²) in [6.45, 7) is 6.58. The minimum absolute atomic E-state index is 0.127. The van der Waals surface area contributed by atoms with Crippen molar-refractivity contribution in [1.29, 1.82) is 0 Å². The molecule has 0 radical (unpaired) electrons. The Hall–Kier alpha value is -2.75. The van der Waals surface area contributed by atoms with E-state index in [0.29, 0.717) is 11.3 Å². The number of rotatable bonds is 3. The molecule has 4 nitrogen and oxygen atoms in total. The molecule has 0 aliphatic rings. The van der Waals surface area contributed by atoms with Crippen LogP contribution in [0.25, 0.3) is 22.5 Å². The van der Waals surface area contributed by atoms with Crippen molar-refractivity contribution in [3.8, 4) is 34.0 Å². The van der Waals surface area contributed by atoms with Crippen molar-refractivity contribution in [2.75, 3.05) is 7.11 Å². The van der Waals surface area contributed by atoms with Crippen LogP contribution in [0, 0.1) is 0 Å². The molecule has 2 N–H and O–H groups in total. The van der Waals surface area contributed by atoms with Crippen LogP contribution in [0.5, 0.6) is 11.5 Å². The molecule has 0 aliphatic carbocycles. The largest absolute Gasteiger partial charge is 0.507 e. The second kappa shape index (κ2) is 6.04. The van der Waals surface area contributed by atoms with E-state index in [9.17, 15) is 5.11 Å². The summed E-state index contributed by atoms with van der Waals surface area (Å²) in [7, 11) is 1.60. The minimum atomic E-state index is 0.127. The van der Waals surface area contributed by atoms with Gasteiger partial charge in [-0.05, 0) is 35.2 Å². The summed E-state index contributed by atoms with van der Waals surface area (Å²) in [6.07, 6.45) is 0. The molecule has 0 aliphatic heterocycles. The first-order valence-electron chi connectivity index (χ1n) is 7.92. The summed E-state index contributed by atoms with van der Waals surface area (Å²) in [5.41, 5.74) is 4.70. The van der Waals surface area contributed by atoms with E-state index in [1.54, 1.807) is 25.3 Å². The first kappa shape index (κ1) is 16.1. The van der Waals surface area contributed by atoms with Gasteiger partial charge in [-0.2, -0.15) is 5.10 Å². The van der Waals surface area contributed by atoms with Crippen LogP contribution in [0.3, 0.4) is 0 Å². The standard InChI is InChI=1S/C20H22N2O2/c1-20(2,3)14-7-5-13(6-8-14)17-12-18(22-21-17)16-11-15(24-4)9-10-19(16)23/h5-12,23H,1-4H3,(H,21,22). The van der Waals surface area contributed by atoms with Crippen molar-refractivity contribution in [1.82, 2.24) is 10.2 Å². The third-order valence-electron chi connectivity index (χ3n) is 4.12.